The van der Waals surface area contributed by atoms with Crippen molar-refractivity contribution >= 4 is 27.5 Å². The average molecular weight is 417 g/mol. The highest BCUT2D eigenvalue weighted by atomic mass is 32.2. The molecule has 0 bridgehead atoms. The van der Waals surface area contributed by atoms with E-state index < -0.39 is 15.9 Å². The topological polar surface area (TPSA) is 99.7 Å². The highest BCUT2D eigenvalue weighted by Gasteiger charge is 2.31. The third-order valence-electron chi connectivity index (χ3n) is 4.87. The van der Waals surface area contributed by atoms with Gasteiger partial charge < -0.3 is 10.2 Å². The van der Waals surface area contributed by atoms with Crippen molar-refractivity contribution in [3.8, 4) is 0 Å². The van der Waals surface area contributed by atoms with Gasteiger partial charge >= 0.3 is 0 Å². The van der Waals surface area contributed by atoms with Crippen LogP contribution in [0.4, 0.5) is 5.69 Å². The monoisotopic (exact) mass is 416 g/mol. The van der Waals surface area contributed by atoms with Crippen molar-refractivity contribution in [3.63, 3.8) is 0 Å². The molecule has 0 unspecified atom stereocenters. The van der Waals surface area contributed by atoms with E-state index in [1.54, 1.807) is 35.4 Å². The summed E-state index contributed by atoms with van der Waals surface area (Å²) in [6, 6.07) is 10.1. The van der Waals surface area contributed by atoms with Crippen LogP contribution in [0.2, 0.25) is 0 Å². The van der Waals surface area contributed by atoms with E-state index in [2.05, 4.69) is 10.3 Å². The van der Waals surface area contributed by atoms with Crippen LogP contribution in [0.3, 0.4) is 0 Å². The van der Waals surface area contributed by atoms with Gasteiger partial charge in [0, 0.05) is 31.9 Å². The van der Waals surface area contributed by atoms with Crippen molar-refractivity contribution in [1.82, 2.24) is 14.6 Å². The van der Waals surface area contributed by atoms with E-state index >= 15 is 0 Å². The lowest BCUT2D eigenvalue weighted by Gasteiger charge is -2.21. The first-order chi connectivity index (χ1) is 13.7. The summed E-state index contributed by atoms with van der Waals surface area (Å²) in [5.74, 6) is -0.493. The summed E-state index contributed by atoms with van der Waals surface area (Å²) in [7, 11) is -2.47. The molecule has 3 rings (SSSR count). The Morgan fingerprint density at radius 1 is 1.28 bits per heavy atom. The second-order valence-electron chi connectivity index (χ2n) is 7.09. The molecule has 0 saturated heterocycles. The number of carbonyl (C=O) groups is 2. The molecule has 0 aliphatic carbocycles. The zero-order chi connectivity index (χ0) is 21.2. The molecule has 2 amide bonds. The van der Waals surface area contributed by atoms with Crippen molar-refractivity contribution in [2.45, 2.75) is 37.8 Å². The number of hydrogen-bond acceptors (Lipinski definition) is 5. The third-order valence-corrected chi connectivity index (χ3v) is 6.67. The van der Waals surface area contributed by atoms with Crippen LogP contribution in [-0.4, -0.2) is 49.2 Å². The predicted octanol–water partition coefficient (Wildman–Crippen LogP) is 1.32. The Hall–Kier alpha value is -2.78. The van der Waals surface area contributed by atoms with Gasteiger partial charge in [-0.15, -0.1) is 0 Å². The maximum atomic E-state index is 12.9. The molecule has 0 saturated carbocycles. The highest BCUT2D eigenvalue weighted by molar-refractivity contribution is 7.89. The molecule has 1 aromatic carbocycles. The van der Waals surface area contributed by atoms with Crippen LogP contribution in [0.15, 0.2) is 47.5 Å². The van der Waals surface area contributed by atoms with Crippen LogP contribution in [0, 0.1) is 0 Å². The average Bonchev–Trinajstić information content (AvgIpc) is 3.02. The number of hydrogen-bond donors (Lipinski definition) is 1. The predicted molar refractivity (Wildman–Crippen MR) is 109 cm³/mol. The van der Waals surface area contributed by atoms with Gasteiger partial charge in [-0.2, -0.15) is 4.31 Å². The summed E-state index contributed by atoms with van der Waals surface area (Å²) in [5, 5.41) is 2.67. The summed E-state index contributed by atoms with van der Waals surface area (Å²) in [4.78, 5) is 29.9. The van der Waals surface area contributed by atoms with E-state index in [-0.39, 0.29) is 29.9 Å². The van der Waals surface area contributed by atoms with Crippen LogP contribution < -0.4 is 10.2 Å². The number of carbonyl (C=O) groups excluding carboxylic acids is 2. The number of fused-ring (bicyclic) bond motifs is 1. The molecule has 2 aromatic rings. The van der Waals surface area contributed by atoms with Gasteiger partial charge in [0.2, 0.25) is 21.8 Å². The molecular weight excluding hydrogens is 392 g/mol. The number of likely N-dealkylation sites (N-methyl/N-ethyl adjacent to an activating group) is 1. The van der Waals surface area contributed by atoms with E-state index in [4.69, 9.17) is 0 Å². The van der Waals surface area contributed by atoms with Gasteiger partial charge in [-0.05, 0) is 49.2 Å². The lowest BCUT2D eigenvalue weighted by atomic mass is 10.1. The van der Waals surface area contributed by atoms with Gasteiger partial charge in [-0.1, -0.05) is 6.07 Å². The number of pyridine rings is 1. The SMILES string of the molecule is CC(=O)N1c2ccc(S(=O)(=O)N(C)CC(=O)NCc3ccccn3)cc2C[C@@H]1C. The van der Waals surface area contributed by atoms with Crippen molar-refractivity contribution in [3.05, 3.63) is 53.9 Å². The fourth-order valence-electron chi connectivity index (χ4n) is 3.46. The number of aromatic nitrogens is 1. The van der Waals surface area contributed by atoms with E-state index in [1.165, 1.54) is 20.0 Å². The molecule has 0 spiro atoms. The number of benzene rings is 1. The number of anilines is 1. The zero-order valence-electron chi connectivity index (χ0n) is 16.6. The van der Waals surface area contributed by atoms with Crippen molar-refractivity contribution in [2.75, 3.05) is 18.5 Å². The number of amides is 2. The lowest BCUT2D eigenvalue weighted by molar-refractivity contribution is -0.121. The molecule has 1 N–H and O–H groups in total. The quantitative estimate of drug-likeness (QED) is 0.766. The Balaban J connectivity index is 1.69. The van der Waals surface area contributed by atoms with Gasteiger partial charge in [-0.25, -0.2) is 8.42 Å². The minimum Gasteiger partial charge on any atom is -0.349 e. The fourth-order valence-corrected chi connectivity index (χ4v) is 4.64. The number of sulfonamides is 1. The zero-order valence-corrected chi connectivity index (χ0v) is 17.4. The summed E-state index contributed by atoms with van der Waals surface area (Å²) >= 11 is 0. The molecule has 1 aliphatic heterocycles. The molecule has 154 valence electrons. The van der Waals surface area contributed by atoms with Crippen LogP contribution in [0.25, 0.3) is 0 Å². The Morgan fingerprint density at radius 2 is 2.03 bits per heavy atom. The third kappa shape index (κ3) is 4.46. The smallest absolute Gasteiger partial charge is 0.243 e. The van der Waals surface area contributed by atoms with Crippen LogP contribution in [-0.2, 0) is 32.6 Å². The van der Waals surface area contributed by atoms with E-state index in [9.17, 15) is 18.0 Å². The summed E-state index contributed by atoms with van der Waals surface area (Å²) in [6.45, 7) is 3.34. The van der Waals surface area contributed by atoms with Crippen LogP contribution in [0.1, 0.15) is 25.1 Å². The summed E-state index contributed by atoms with van der Waals surface area (Å²) in [6.07, 6.45) is 2.21. The first-order valence-corrected chi connectivity index (χ1v) is 10.7. The Kier molecular flexibility index (Phi) is 5.99. The van der Waals surface area contributed by atoms with Gasteiger partial charge in [-0.3, -0.25) is 14.6 Å². The lowest BCUT2D eigenvalue weighted by Crippen LogP contribution is -2.38. The molecule has 9 heteroatoms. The van der Waals surface area contributed by atoms with Gasteiger partial charge in [0.25, 0.3) is 0 Å². The molecule has 8 nitrogen and oxygen atoms in total. The standard InChI is InChI=1S/C20H24N4O4S/c1-14-10-16-11-18(7-8-19(16)24(14)15(2)25)29(27,28)23(3)13-20(26)22-12-17-6-4-5-9-21-17/h4-9,11,14H,10,12-13H2,1-3H3,(H,22,26)/t14-/m0/s1. The summed E-state index contributed by atoms with van der Waals surface area (Å²) in [5.41, 5.74) is 2.23. The van der Waals surface area contributed by atoms with E-state index in [0.717, 1.165) is 15.6 Å². The molecule has 1 aromatic heterocycles. The van der Waals surface area contributed by atoms with Crippen molar-refractivity contribution in [1.29, 1.82) is 0 Å². The molecule has 29 heavy (non-hydrogen) atoms. The van der Waals surface area contributed by atoms with Crippen LogP contribution >= 0.6 is 0 Å². The second-order valence-corrected chi connectivity index (χ2v) is 9.14. The first-order valence-electron chi connectivity index (χ1n) is 9.26. The number of nitrogens with zero attached hydrogens (tertiary/aromatic N) is 3. The van der Waals surface area contributed by atoms with Gasteiger partial charge in [0.15, 0.2) is 0 Å². The number of nitrogens with one attached hydrogen (secondary N) is 1. The van der Waals surface area contributed by atoms with Crippen LogP contribution in [0.5, 0.6) is 0 Å². The number of rotatable bonds is 6. The molecule has 0 fully saturated rings. The summed E-state index contributed by atoms with van der Waals surface area (Å²) < 4.78 is 26.8. The molecule has 1 aliphatic rings. The van der Waals surface area contributed by atoms with Crippen molar-refractivity contribution < 1.29 is 18.0 Å². The second kappa shape index (κ2) is 8.30. The molecular formula is C20H24N4O4S. The Morgan fingerprint density at radius 3 is 2.69 bits per heavy atom. The first kappa shape index (κ1) is 20.9. The highest BCUT2D eigenvalue weighted by Crippen LogP contribution is 2.34. The Labute approximate surface area is 170 Å². The maximum Gasteiger partial charge on any atom is 0.243 e. The maximum absolute atomic E-state index is 12.9. The van der Waals surface area contributed by atoms with Gasteiger partial charge in [0.1, 0.15) is 0 Å². The largest absolute Gasteiger partial charge is 0.349 e. The fraction of sp³-hybridized carbons (Fsp3) is 0.350. The van der Waals surface area contributed by atoms with E-state index in [0.29, 0.717) is 12.1 Å². The Bertz CT molecular complexity index is 1020. The molecule has 0 radical (unpaired) electrons. The van der Waals surface area contributed by atoms with Gasteiger partial charge in [0.05, 0.1) is 23.7 Å². The minimum atomic E-state index is -3.84. The molecule has 1 atom stereocenters. The molecule has 2 heterocycles. The minimum absolute atomic E-state index is 0.0180. The normalized spacial score (nSPS) is 16.0. The van der Waals surface area contributed by atoms with E-state index in [1.807, 2.05) is 13.0 Å². The van der Waals surface area contributed by atoms with Crippen molar-refractivity contribution in [2.24, 2.45) is 0 Å².